The number of nitrogens with one attached hydrogen (secondary N) is 1. The Morgan fingerprint density at radius 1 is 1.27 bits per heavy atom. The molecule has 118 valence electrons. The Labute approximate surface area is 131 Å². The molecule has 1 aliphatic carbocycles. The van der Waals surface area contributed by atoms with Gasteiger partial charge in [-0.2, -0.15) is 5.10 Å². The van der Waals surface area contributed by atoms with Crippen molar-refractivity contribution in [3.05, 3.63) is 29.2 Å². The van der Waals surface area contributed by atoms with Gasteiger partial charge in [0.2, 0.25) is 0 Å². The fourth-order valence-corrected chi connectivity index (χ4v) is 3.00. The van der Waals surface area contributed by atoms with Gasteiger partial charge in [0.25, 0.3) is 5.91 Å². The van der Waals surface area contributed by atoms with Crippen molar-refractivity contribution in [1.29, 1.82) is 0 Å². The first-order chi connectivity index (χ1) is 10.7. The second-order valence-electron chi connectivity index (χ2n) is 6.52. The molecule has 0 aromatic carbocycles. The SMILES string of the molecule is CC(C)CCNC(=O)c1cnn2c3c(cnc12)CCCCC3. The fourth-order valence-electron chi connectivity index (χ4n) is 3.00. The molecular weight excluding hydrogens is 276 g/mol. The van der Waals surface area contributed by atoms with Crippen molar-refractivity contribution in [2.24, 2.45) is 5.92 Å². The maximum absolute atomic E-state index is 12.3. The summed E-state index contributed by atoms with van der Waals surface area (Å²) < 4.78 is 1.87. The standard InChI is InChI=1S/C17H24N4O/c1-12(2)8-9-18-17(22)14-11-20-21-15-7-5-3-4-6-13(15)10-19-16(14)21/h10-12H,3-9H2,1-2H3,(H,18,22). The van der Waals surface area contributed by atoms with Gasteiger partial charge in [-0.15, -0.1) is 0 Å². The minimum absolute atomic E-state index is 0.0725. The molecule has 0 saturated heterocycles. The number of aromatic nitrogens is 3. The van der Waals surface area contributed by atoms with Crippen LogP contribution in [0, 0.1) is 5.92 Å². The van der Waals surface area contributed by atoms with Crippen LogP contribution in [0.5, 0.6) is 0 Å². The van der Waals surface area contributed by atoms with E-state index in [2.05, 4.69) is 29.2 Å². The van der Waals surface area contributed by atoms with E-state index in [1.807, 2.05) is 10.7 Å². The summed E-state index contributed by atoms with van der Waals surface area (Å²) in [6.07, 6.45) is 10.3. The van der Waals surface area contributed by atoms with Crippen LogP contribution in [0.2, 0.25) is 0 Å². The summed E-state index contributed by atoms with van der Waals surface area (Å²) in [5.74, 6) is 0.509. The Morgan fingerprint density at radius 2 is 2.09 bits per heavy atom. The average Bonchev–Trinajstić information content (AvgIpc) is 2.77. The van der Waals surface area contributed by atoms with Gasteiger partial charge in [-0.1, -0.05) is 20.3 Å². The Morgan fingerprint density at radius 3 is 2.91 bits per heavy atom. The van der Waals surface area contributed by atoms with Crippen molar-refractivity contribution in [1.82, 2.24) is 19.9 Å². The van der Waals surface area contributed by atoms with E-state index in [9.17, 15) is 4.79 Å². The van der Waals surface area contributed by atoms with Gasteiger partial charge >= 0.3 is 0 Å². The van der Waals surface area contributed by atoms with Crippen LogP contribution in [-0.2, 0) is 12.8 Å². The van der Waals surface area contributed by atoms with E-state index in [-0.39, 0.29) is 5.91 Å². The molecule has 2 heterocycles. The van der Waals surface area contributed by atoms with Crippen molar-refractivity contribution in [2.75, 3.05) is 6.54 Å². The smallest absolute Gasteiger partial charge is 0.256 e. The first kappa shape index (κ1) is 15.0. The maximum Gasteiger partial charge on any atom is 0.256 e. The second-order valence-corrected chi connectivity index (χ2v) is 6.52. The number of hydrogen-bond donors (Lipinski definition) is 1. The number of rotatable bonds is 4. The van der Waals surface area contributed by atoms with Crippen molar-refractivity contribution in [3.8, 4) is 0 Å². The fraction of sp³-hybridized carbons (Fsp3) is 0.588. The van der Waals surface area contributed by atoms with Gasteiger partial charge in [0.1, 0.15) is 5.56 Å². The molecule has 0 bridgehead atoms. The number of amides is 1. The molecule has 5 heteroatoms. The highest BCUT2D eigenvalue weighted by Crippen LogP contribution is 2.21. The molecule has 5 nitrogen and oxygen atoms in total. The summed E-state index contributed by atoms with van der Waals surface area (Å²) in [6.45, 7) is 5.00. The number of carbonyl (C=O) groups is 1. The predicted molar refractivity (Wildman–Crippen MR) is 86.0 cm³/mol. The van der Waals surface area contributed by atoms with E-state index in [0.717, 1.165) is 19.3 Å². The zero-order chi connectivity index (χ0) is 15.5. The molecule has 2 aromatic heterocycles. The Bertz CT molecular complexity index is 675. The lowest BCUT2D eigenvalue weighted by Gasteiger charge is -2.08. The van der Waals surface area contributed by atoms with Gasteiger partial charge in [0, 0.05) is 18.4 Å². The summed E-state index contributed by atoms with van der Waals surface area (Å²) in [5, 5.41) is 7.40. The zero-order valence-electron chi connectivity index (χ0n) is 13.4. The zero-order valence-corrected chi connectivity index (χ0v) is 13.4. The summed E-state index contributed by atoms with van der Waals surface area (Å²) in [5.41, 5.74) is 3.77. The van der Waals surface area contributed by atoms with Crippen LogP contribution in [0.1, 0.15) is 61.1 Å². The summed E-state index contributed by atoms with van der Waals surface area (Å²) in [7, 11) is 0. The lowest BCUT2D eigenvalue weighted by Crippen LogP contribution is -2.25. The highest BCUT2D eigenvalue weighted by molar-refractivity contribution is 5.99. The van der Waals surface area contributed by atoms with Gasteiger partial charge in [0.15, 0.2) is 5.65 Å². The average molecular weight is 300 g/mol. The molecule has 1 aliphatic rings. The van der Waals surface area contributed by atoms with Crippen LogP contribution >= 0.6 is 0 Å². The third kappa shape index (κ3) is 2.98. The van der Waals surface area contributed by atoms with Crippen LogP contribution in [0.25, 0.3) is 5.65 Å². The molecule has 2 aromatic rings. The molecule has 1 N–H and O–H groups in total. The third-order valence-electron chi connectivity index (χ3n) is 4.32. The molecule has 0 radical (unpaired) electrons. The number of carbonyl (C=O) groups excluding carboxylic acids is 1. The van der Waals surface area contributed by atoms with E-state index < -0.39 is 0 Å². The number of fused-ring (bicyclic) bond motifs is 3. The number of hydrogen-bond acceptors (Lipinski definition) is 3. The lowest BCUT2D eigenvalue weighted by atomic mass is 10.1. The summed E-state index contributed by atoms with van der Waals surface area (Å²) in [6, 6.07) is 0. The van der Waals surface area contributed by atoms with Crippen LogP contribution in [-0.4, -0.2) is 27.0 Å². The molecule has 22 heavy (non-hydrogen) atoms. The van der Waals surface area contributed by atoms with E-state index in [4.69, 9.17) is 0 Å². The van der Waals surface area contributed by atoms with Crippen LogP contribution in [0.3, 0.4) is 0 Å². The van der Waals surface area contributed by atoms with Crippen molar-refractivity contribution < 1.29 is 4.79 Å². The van der Waals surface area contributed by atoms with Gasteiger partial charge < -0.3 is 5.32 Å². The highest BCUT2D eigenvalue weighted by atomic mass is 16.1. The molecule has 0 unspecified atom stereocenters. The Hall–Kier alpha value is -1.91. The van der Waals surface area contributed by atoms with Gasteiger partial charge in [-0.05, 0) is 43.6 Å². The monoisotopic (exact) mass is 300 g/mol. The van der Waals surface area contributed by atoms with Crippen molar-refractivity contribution >= 4 is 11.6 Å². The summed E-state index contributed by atoms with van der Waals surface area (Å²) >= 11 is 0. The van der Waals surface area contributed by atoms with Gasteiger partial charge in [-0.25, -0.2) is 9.50 Å². The third-order valence-corrected chi connectivity index (χ3v) is 4.32. The van der Waals surface area contributed by atoms with E-state index in [0.29, 0.717) is 23.7 Å². The Balaban J connectivity index is 1.86. The minimum Gasteiger partial charge on any atom is -0.352 e. The topological polar surface area (TPSA) is 59.3 Å². The van der Waals surface area contributed by atoms with Crippen LogP contribution < -0.4 is 5.32 Å². The molecule has 0 atom stereocenters. The van der Waals surface area contributed by atoms with Crippen molar-refractivity contribution in [2.45, 2.75) is 52.4 Å². The molecule has 1 amide bonds. The molecule has 0 fully saturated rings. The van der Waals surface area contributed by atoms with Crippen molar-refractivity contribution in [3.63, 3.8) is 0 Å². The normalized spacial score (nSPS) is 14.9. The molecule has 0 aliphatic heterocycles. The van der Waals surface area contributed by atoms with Gasteiger partial charge in [0.05, 0.1) is 6.20 Å². The van der Waals surface area contributed by atoms with Crippen LogP contribution in [0.15, 0.2) is 12.4 Å². The second kappa shape index (κ2) is 6.46. The largest absolute Gasteiger partial charge is 0.352 e. The molecule has 3 rings (SSSR count). The Kier molecular flexibility index (Phi) is 4.41. The molecule has 0 spiro atoms. The summed E-state index contributed by atoms with van der Waals surface area (Å²) in [4.78, 5) is 16.8. The first-order valence-corrected chi connectivity index (χ1v) is 8.29. The molecule has 0 saturated carbocycles. The highest BCUT2D eigenvalue weighted by Gasteiger charge is 2.18. The first-order valence-electron chi connectivity index (χ1n) is 8.29. The number of aryl methyl sites for hydroxylation is 2. The van der Waals surface area contributed by atoms with E-state index in [1.165, 1.54) is 30.5 Å². The van der Waals surface area contributed by atoms with E-state index >= 15 is 0 Å². The minimum atomic E-state index is -0.0725. The number of nitrogens with zero attached hydrogens (tertiary/aromatic N) is 3. The van der Waals surface area contributed by atoms with Gasteiger partial charge in [-0.3, -0.25) is 4.79 Å². The maximum atomic E-state index is 12.3. The quantitative estimate of drug-likeness (QED) is 0.883. The predicted octanol–water partition coefficient (Wildman–Crippen LogP) is 2.77. The van der Waals surface area contributed by atoms with Crippen LogP contribution in [0.4, 0.5) is 0 Å². The lowest BCUT2D eigenvalue weighted by molar-refractivity contribution is 0.0953. The molecular formula is C17H24N4O. The van der Waals surface area contributed by atoms with E-state index in [1.54, 1.807) is 6.20 Å².